The number of benzene rings is 4. The Bertz CT molecular complexity index is 1190. The molecule has 0 saturated carbocycles. The Hall–Kier alpha value is -2.98. The minimum atomic E-state index is -1.08. The van der Waals surface area contributed by atoms with Gasteiger partial charge in [-0.3, -0.25) is 0 Å². The molecule has 4 aromatic rings. The number of likely N-dealkylation sites (tertiary alicyclic amines) is 1. The molecule has 0 spiro atoms. The van der Waals surface area contributed by atoms with Crippen molar-refractivity contribution in [1.29, 1.82) is 0 Å². The second-order valence-electron chi connectivity index (χ2n) is 9.20. The molecule has 2 N–H and O–H groups in total. The number of aliphatic hydroxyl groups is 2. The number of aliphatic hydroxyl groups excluding tert-OH is 1. The van der Waals surface area contributed by atoms with E-state index in [1.165, 1.54) is 5.56 Å². The minimum absolute atomic E-state index is 0.338. The lowest BCUT2D eigenvalue weighted by Gasteiger charge is -2.47. The van der Waals surface area contributed by atoms with Gasteiger partial charge in [-0.25, -0.2) is 0 Å². The molecule has 1 fully saturated rings. The van der Waals surface area contributed by atoms with Crippen molar-refractivity contribution in [3.8, 4) is 0 Å². The second-order valence-corrected chi connectivity index (χ2v) is 9.20. The van der Waals surface area contributed by atoms with Crippen LogP contribution in [0, 0.1) is 5.92 Å². The summed E-state index contributed by atoms with van der Waals surface area (Å²) in [7, 11) is 0. The fraction of sp³-hybridized carbons (Fsp3) is 0.267. The first-order valence-electron chi connectivity index (χ1n) is 11.8. The molecule has 3 nitrogen and oxygen atoms in total. The van der Waals surface area contributed by atoms with Crippen LogP contribution < -0.4 is 0 Å². The molecular formula is C30H31NO2. The van der Waals surface area contributed by atoms with Crippen LogP contribution in [0.15, 0.2) is 103 Å². The molecule has 3 unspecified atom stereocenters. The predicted octanol–water partition coefficient (Wildman–Crippen LogP) is 5.33. The molecule has 0 aliphatic carbocycles. The number of fused-ring (bicyclic) bond motifs is 1. The first kappa shape index (κ1) is 21.8. The third kappa shape index (κ3) is 4.45. The monoisotopic (exact) mass is 437 g/mol. The Balaban J connectivity index is 1.47. The van der Waals surface area contributed by atoms with Gasteiger partial charge in [0.15, 0.2) is 0 Å². The van der Waals surface area contributed by atoms with Gasteiger partial charge in [0.05, 0.1) is 11.7 Å². The van der Waals surface area contributed by atoms with Crippen molar-refractivity contribution in [3.63, 3.8) is 0 Å². The maximum Gasteiger partial charge on any atom is 0.0977 e. The molecule has 0 amide bonds. The molecule has 4 aromatic carbocycles. The molecule has 1 aliphatic heterocycles. The smallest absolute Gasteiger partial charge is 0.0977 e. The summed E-state index contributed by atoms with van der Waals surface area (Å²) in [5.74, 6) is -0.338. The summed E-state index contributed by atoms with van der Waals surface area (Å²) in [6, 6.07) is 34.6. The Kier molecular flexibility index (Phi) is 6.28. The lowest BCUT2D eigenvalue weighted by Crippen LogP contribution is -2.52. The van der Waals surface area contributed by atoms with Gasteiger partial charge < -0.3 is 15.1 Å². The first-order chi connectivity index (χ1) is 16.1. The van der Waals surface area contributed by atoms with Crippen LogP contribution in [-0.4, -0.2) is 34.7 Å². The molecule has 0 bridgehead atoms. The van der Waals surface area contributed by atoms with Crippen LogP contribution in [0.25, 0.3) is 10.8 Å². The van der Waals surface area contributed by atoms with Crippen molar-refractivity contribution in [3.05, 3.63) is 120 Å². The molecule has 0 radical (unpaired) electrons. The van der Waals surface area contributed by atoms with Crippen molar-refractivity contribution in [1.82, 2.24) is 4.90 Å². The molecule has 1 heterocycles. The summed E-state index contributed by atoms with van der Waals surface area (Å²) in [6.07, 6.45) is 0.779. The van der Waals surface area contributed by atoms with Crippen LogP contribution >= 0.6 is 0 Å². The molecule has 3 heteroatoms. The highest BCUT2D eigenvalue weighted by molar-refractivity contribution is 5.86. The number of nitrogens with zero attached hydrogens (tertiary/aromatic N) is 1. The van der Waals surface area contributed by atoms with E-state index < -0.39 is 11.7 Å². The zero-order valence-electron chi connectivity index (χ0n) is 18.8. The van der Waals surface area contributed by atoms with Crippen LogP contribution in [0.5, 0.6) is 0 Å². The number of hydrogen-bond donors (Lipinski definition) is 2. The number of hydrogen-bond acceptors (Lipinski definition) is 3. The van der Waals surface area contributed by atoms with Crippen LogP contribution in [0.4, 0.5) is 0 Å². The van der Waals surface area contributed by atoms with Crippen molar-refractivity contribution in [2.45, 2.75) is 24.5 Å². The molecule has 1 aliphatic rings. The summed E-state index contributed by atoms with van der Waals surface area (Å²) < 4.78 is 0. The van der Waals surface area contributed by atoms with E-state index in [0.717, 1.165) is 41.4 Å². The highest BCUT2D eigenvalue weighted by Gasteiger charge is 2.46. The Morgan fingerprint density at radius 3 is 2.27 bits per heavy atom. The summed E-state index contributed by atoms with van der Waals surface area (Å²) >= 11 is 0. The third-order valence-corrected chi connectivity index (χ3v) is 7.23. The summed E-state index contributed by atoms with van der Waals surface area (Å²) in [5, 5.41) is 25.9. The standard InChI is InChI=1S/C30H31NO2/c32-29(27-17-9-13-24-12-7-8-16-26(24)27)28-22-31(20-18-23-10-3-1-4-11-23)21-19-30(28,33)25-14-5-2-6-15-25/h1-17,28-29,32-33H,18-22H2. The molecule has 3 atom stereocenters. The normalized spacial score (nSPS) is 22.3. The lowest BCUT2D eigenvalue weighted by atomic mass is 9.71. The van der Waals surface area contributed by atoms with E-state index in [1.54, 1.807) is 0 Å². The van der Waals surface area contributed by atoms with Crippen LogP contribution in [0.2, 0.25) is 0 Å². The minimum Gasteiger partial charge on any atom is -0.388 e. The molecule has 5 rings (SSSR count). The van der Waals surface area contributed by atoms with Gasteiger partial charge in [0.2, 0.25) is 0 Å². The average molecular weight is 438 g/mol. The third-order valence-electron chi connectivity index (χ3n) is 7.23. The molecule has 0 aromatic heterocycles. The Morgan fingerprint density at radius 1 is 0.818 bits per heavy atom. The zero-order valence-corrected chi connectivity index (χ0v) is 18.8. The lowest BCUT2D eigenvalue weighted by molar-refractivity contribution is -0.122. The molecular weight excluding hydrogens is 406 g/mol. The van der Waals surface area contributed by atoms with Gasteiger partial charge in [-0.05, 0) is 40.3 Å². The highest BCUT2D eigenvalue weighted by Crippen LogP contribution is 2.44. The average Bonchev–Trinajstić information content (AvgIpc) is 2.88. The predicted molar refractivity (Wildman–Crippen MR) is 134 cm³/mol. The maximum absolute atomic E-state index is 12.0. The summed E-state index contributed by atoms with van der Waals surface area (Å²) in [4.78, 5) is 2.39. The van der Waals surface area contributed by atoms with Gasteiger partial charge in [0.1, 0.15) is 0 Å². The second kappa shape index (κ2) is 9.48. The Morgan fingerprint density at radius 2 is 1.48 bits per heavy atom. The summed E-state index contributed by atoms with van der Waals surface area (Å²) in [5.41, 5.74) is 2.00. The van der Waals surface area contributed by atoms with E-state index in [2.05, 4.69) is 47.4 Å². The Labute approximate surface area is 195 Å². The van der Waals surface area contributed by atoms with Gasteiger partial charge in [0, 0.05) is 25.6 Å². The quantitative estimate of drug-likeness (QED) is 0.429. The van der Waals surface area contributed by atoms with Crippen LogP contribution in [0.1, 0.15) is 29.2 Å². The zero-order chi connectivity index (χ0) is 22.7. The van der Waals surface area contributed by atoms with E-state index in [9.17, 15) is 10.2 Å². The number of rotatable bonds is 6. The van der Waals surface area contributed by atoms with Gasteiger partial charge in [0.25, 0.3) is 0 Å². The van der Waals surface area contributed by atoms with E-state index >= 15 is 0 Å². The van der Waals surface area contributed by atoms with E-state index in [1.807, 2.05) is 60.7 Å². The molecule has 1 saturated heterocycles. The molecule has 33 heavy (non-hydrogen) atoms. The van der Waals surface area contributed by atoms with Crippen molar-refractivity contribution < 1.29 is 10.2 Å². The van der Waals surface area contributed by atoms with Gasteiger partial charge >= 0.3 is 0 Å². The fourth-order valence-electron chi connectivity index (χ4n) is 5.34. The first-order valence-corrected chi connectivity index (χ1v) is 11.8. The van der Waals surface area contributed by atoms with Crippen molar-refractivity contribution in [2.24, 2.45) is 5.92 Å². The fourth-order valence-corrected chi connectivity index (χ4v) is 5.34. The van der Waals surface area contributed by atoms with Crippen molar-refractivity contribution in [2.75, 3.05) is 19.6 Å². The van der Waals surface area contributed by atoms with Gasteiger partial charge in [-0.2, -0.15) is 0 Å². The van der Waals surface area contributed by atoms with E-state index in [4.69, 9.17) is 0 Å². The van der Waals surface area contributed by atoms with Crippen molar-refractivity contribution >= 4 is 10.8 Å². The van der Waals surface area contributed by atoms with Crippen LogP contribution in [0.3, 0.4) is 0 Å². The SMILES string of the molecule is OC(c1cccc2ccccc12)C1CN(CCc2ccccc2)CCC1(O)c1ccccc1. The summed E-state index contributed by atoms with van der Waals surface area (Å²) in [6.45, 7) is 2.35. The highest BCUT2D eigenvalue weighted by atomic mass is 16.3. The van der Waals surface area contributed by atoms with E-state index in [0.29, 0.717) is 13.0 Å². The largest absolute Gasteiger partial charge is 0.388 e. The van der Waals surface area contributed by atoms with E-state index in [-0.39, 0.29) is 5.92 Å². The van der Waals surface area contributed by atoms with Gasteiger partial charge in [-0.1, -0.05) is 103 Å². The van der Waals surface area contributed by atoms with Gasteiger partial charge in [-0.15, -0.1) is 0 Å². The molecule has 168 valence electrons. The number of piperidine rings is 1. The maximum atomic E-state index is 12.0. The topological polar surface area (TPSA) is 43.7 Å². The van der Waals surface area contributed by atoms with Crippen LogP contribution in [-0.2, 0) is 12.0 Å².